The van der Waals surface area contributed by atoms with Gasteiger partial charge in [0, 0.05) is 169 Å². The van der Waals surface area contributed by atoms with Crippen LogP contribution in [0.3, 0.4) is 0 Å². The molecule has 0 saturated carbocycles. The number of carbonyl (C=O) groups is 4. The summed E-state index contributed by atoms with van der Waals surface area (Å²) < 4.78 is 56.9. The van der Waals surface area contributed by atoms with Gasteiger partial charge in [-0.1, -0.05) is 70.1 Å². The van der Waals surface area contributed by atoms with Gasteiger partial charge in [-0.15, -0.1) is 0 Å². The van der Waals surface area contributed by atoms with Crippen LogP contribution in [0.2, 0.25) is 0 Å². The predicted octanol–water partition coefficient (Wildman–Crippen LogP) is 12.9. The summed E-state index contributed by atoms with van der Waals surface area (Å²) in [7, 11) is 5.99. The minimum Gasteiger partial charge on any atom is -0.487 e. The average molecular weight is 1440 g/mol. The second-order valence-corrected chi connectivity index (χ2v) is 26.8. The quantitative estimate of drug-likeness (QED) is 0.0136. The SMILES string of the molecule is CCCCCCOC(C)c1c2[nH]c(c1C)C=C1N=C(C(CC(=O)OC)c3[nH]c(c(C)c3C(=O)NCCCOCCOCCOCCCNC(=O)Cc3cccc(C#Cc4cccc(Nc5ncnc6cc(OCCOC)c(OCCOC)cc56)c4)c3)CC3=NC(=C(C)C3CC)C2)[C@@H](CCC(=O)OC)[C@@H]1C. The molecule has 23 heteroatoms. The third-order valence-corrected chi connectivity index (χ3v) is 19.6. The van der Waals surface area contributed by atoms with Gasteiger partial charge in [0.25, 0.3) is 5.91 Å². The Bertz CT molecular complexity index is 4120. The largest absolute Gasteiger partial charge is 0.487 e. The van der Waals surface area contributed by atoms with E-state index in [9.17, 15) is 19.2 Å². The molecule has 6 aromatic rings. The zero-order valence-electron chi connectivity index (χ0n) is 63.2. The maximum absolute atomic E-state index is 14.8. The Morgan fingerprint density at radius 1 is 0.676 bits per heavy atom. The summed E-state index contributed by atoms with van der Waals surface area (Å²) >= 11 is 0. The molecule has 6 heterocycles. The van der Waals surface area contributed by atoms with E-state index in [-0.39, 0.29) is 60.9 Å². The molecule has 5 atom stereocenters. The number of hydrogen-bond donors (Lipinski definition) is 5. The lowest BCUT2D eigenvalue weighted by Gasteiger charge is -2.24. The molecule has 23 nitrogen and oxygen atoms in total. The first-order valence-corrected chi connectivity index (χ1v) is 37.1. The summed E-state index contributed by atoms with van der Waals surface area (Å²) in [5.41, 5.74) is 15.4. The van der Waals surface area contributed by atoms with Crippen molar-refractivity contribution >= 4 is 63.7 Å². The number of H-pyrrole nitrogens is 2. The Balaban J connectivity index is 0.733. The summed E-state index contributed by atoms with van der Waals surface area (Å²) in [6.07, 6.45) is 11.7. The van der Waals surface area contributed by atoms with E-state index in [2.05, 4.69) is 95.3 Å². The van der Waals surface area contributed by atoms with Crippen LogP contribution in [0.5, 0.6) is 11.5 Å². The van der Waals surface area contributed by atoms with Gasteiger partial charge in [0.1, 0.15) is 25.4 Å². The number of esters is 2. The van der Waals surface area contributed by atoms with Crippen LogP contribution >= 0.6 is 0 Å². The van der Waals surface area contributed by atoms with Gasteiger partial charge in [0.15, 0.2) is 11.5 Å². The molecule has 9 rings (SSSR count). The third kappa shape index (κ3) is 22.3. The van der Waals surface area contributed by atoms with Crippen LogP contribution in [-0.2, 0) is 71.5 Å². The molecular weight excluding hydrogens is 1330 g/mol. The zero-order chi connectivity index (χ0) is 74.6. The summed E-state index contributed by atoms with van der Waals surface area (Å²) in [5.74, 6) is 5.94. The number of carbonyl (C=O) groups excluding carboxylic acids is 4. The number of ether oxygens (including phenoxy) is 10. The fourth-order valence-corrected chi connectivity index (χ4v) is 13.9. The number of amides is 2. The summed E-state index contributed by atoms with van der Waals surface area (Å²) in [5, 5.41) is 10.3. The number of anilines is 2. The molecule has 5 N–H and O–H groups in total. The van der Waals surface area contributed by atoms with Gasteiger partial charge in [-0.05, 0) is 125 Å². The maximum atomic E-state index is 14.8. The lowest BCUT2D eigenvalue weighted by molar-refractivity contribution is -0.141. The highest BCUT2D eigenvalue weighted by atomic mass is 16.6. The molecule has 0 radical (unpaired) electrons. The van der Waals surface area contributed by atoms with Crippen LogP contribution in [0, 0.1) is 43.4 Å². The Morgan fingerprint density at radius 3 is 2.06 bits per heavy atom. The minimum atomic E-state index is -0.707. The number of nitrogens with one attached hydrogen (secondary N) is 5. The molecule has 2 amide bonds. The van der Waals surface area contributed by atoms with Crippen LogP contribution in [0.25, 0.3) is 17.0 Å². The zero-order valence-corrected chi connectivity index (χ0v) is 63.2. The van der Waals surface area contributed by atoms with Crippen molar-refractivity contribution < 1.29 is 66.5 Å². The molecular formula is C82H107N9O14. The number of hydrogen-bond acceptors (Lipinski definition) is 19. The molecule has 3 aliphatic heterocycles. The van der Waals surface area contributed by atoms with E-state index in [1.807, 2.05) is 67.6 Å². The first-order valence-electron chi connectivity index (χ1n) is 37.1. The third-order valence-electron chi connectivity index (χ3n) is 19.6. The van der Waals surface area contributed by atoms with Crippen molar-refractivity contribution in [2.24, 2.45) is 27.7 Å². The second kappa shape index (κ2) is 41.0. The monoisotopic (exact) mass is 1440 g/mol. The van der Waals surface area contributed by atoms with E-state index in [1.54, 1.807) is 14.2 Å². The number of rotatable bonds is 40. The Labute approximate surface area is 618 Å². The molecule has 3 aliphatic rings. The van der Waals surface area contributed by atoms with Crippen LogP contribution in [-0.4, -0.2) is 169 Å². The van der Waals surface area contributed by atoms with Crippen molar-refractivity contribution in [3.05, 3.63) is 146 Å². The first kappa shape index (κ1) is 80.1. The highest BCUT2D eigenvalue weighted by molar-refractivity contribution is 6.04. The molecule has 0 saturated heterocycles. The number of methoxy groups -OCH3 is 4. The molecule has 8 bridgehead atoms. The molecule has 0 spiro atoms. The number of allylic oxidation sites excluding steroid dienone is 3. The van der Waals surface area contributed by atoms with E-state index in [4.69, 9.17) is 57.4 Å². The van der Waals surface area contributed by atoms with E-state index in [1.165, 1.54) is 32.5 Å². The molecule has 3 aromatic carbocycles. The van der Waals surface area contributed by atoms with Crippen LogP contribution in [0.4, 0.5) is 11.5 Å². The van der Waals surface area contributed by atoms with Crippen molar-refractivity contribution in [2.75, 3.05) is 120 Å². The van der Waals surface area contributed by atoms with Crippen LogP contribution < -0.4 is 25.4 Å². The molecule has 105 heavy (non-hydrogen) atoms. The van der Waals surface area contributed by atoms with E-state index in [0.717, 1.165) is 104 Å². The Kier molecular flexibility index (Phi) is 31.3. The normalized spacial score (nSPS) is 16.4. The lowest BCUT2D eigenvalue weighted by Crippen LogP contribution is -2.30. The van der Waals surface area contributed by atoms with Crippen molar-refractivity contribution in [3.63, 3.8) is 0 Å². The average Bonchev–Trinajstić information content (AvgIpc) is 1.78. The summed E-state index contributed by atoms with van der Waals surface area (Å²) in [4.78, 5) is 81.8. The van der Waals surface area contributed by atoms with Crippen molar-refractivity contribution in [3.8, 4) is 23.3 Å². The topological polar surface area (TPSA) is 279 Å². The number of nitrogens with zero attached hydrogens (tertiary/aromatic N) is 4. The van der Waals surface area contributed by atoms with E-state index in [0.29, 0.717) is 158 Å². The number of fused-ring (bicyclic) bond motifs is 7. The number of unbranched alkanes of at least 4 members (excludes halogenated alkanes) is 3. The molecule has 564 valence electrons. The van der Waals surface area contributed by atoms with Crippen LogP contribution in [0.1, 0.15) is 177 Å². The standard InChI is InChI=1S/C82H107N9O14/c1-12-14-15-16-33-103-56(7)77-54(5)67-47-66-53(4)62(27-28-75(93)98-10)79(90-66)64(46-76(94)99-11)80-78(55(6)68(91-80)48-70-61(13-2)52(3)65(88-70)49-71(77)89-67)82(95)84-30-20-32-101-37-39-102-38-36-100-31-19-29-83-74(92)44-59-23-17-21-57(42-59)25-26-58-22-18-24-60(43-58)87-81-63-45-72(104-40-34-96-8)73(105-41-35-97-9)50-69(63)85-51-86-81/h17-18,21-24,42-43,45,47,50-51,53,56,61-62,64,89,91H,12-16,19-20,27-41,44,46,48-49H2,1-11H3,(H,83,92)(H,84,95)(H,85,86,87)/t53-,56?,61?,62-,64?/m0/s1. The minimum absolute atomic E-state index is 0.0909. The number of benzene rings is 3. The van der Waals surface area contributed by atoms with Gasteiger partial charge in [-0.3, -0.25) is 29.2 Å². The molecule has 0 fully saturated rings. The van der Waals surface area contributed by atoms with Gasteiger partial charge < -0.3 is 73.3 Å². The van der Waals surface area contributed by atoms with Gasteiger partial charge in [0.2, 0.25) is 5.91 Å². The predicted molar refractivity (Wildman–Crippen MR) is 407 cm³/mol. The second-order valence-electron chi connectivity index (χ2n) is 26.8. The molecule has 3 aromatic heterocycles. The van der Waals surface area contributed by atoms with Crippen molar-refractivity contribution in [1.82, 2.24) is 30.6 Å². The van der Waals surface area contributed by atoms with Crippen molar-refractivity contribution in [2.45, 2.75) is 144 Å². The molecule has 3 unspecified atom stereocenters. The summed E-state index contributed by atoms with van der Waals surface area (Å²) in [6.45, 7) is 20.3. The smallest absolute Gasteiger partial charge is 0.306 e. The number of aromatic amines is 2. The molecule has 0 aliphatic carbocycles. The fourth-order valence-electron chi connectivity index (χ4n) is 13.9. The van der Waals surface area contributed by atoms with Gasteiger partial charge in [0.05, 0.1) is 83.9 Å². The van der Waals surface area contributed by atoms with E-state index >= 15 is 0 Å². The highest BCUT2D eigenvalue weighted by Gasteiger charge is 2.42. The fraction of sp³-hybridized carbons (Fsp3) is 0.512. The maximum Gasteiger partial charge on any atom is 0.306 e. The van der Waals surface area contributed by atoms with Gasteiger partial charge in [-0.2, -0.15) is 0 Å². The van der Waals surface area contributed by atoms with Crippen molar-refractivity contribution in [1.29, 1.82) is 0 Å². The Hall–Kier alpha value is -9.02. The first-order chi connectivity index (χ1) is 51.1. The van der Waals surface area contributed by atoms with E-state index < -0.39 is 11.9 Å². The van der Waals surface area contributed by atoms with Gasteiger partial charge in [-0.25, -0.2) is 9.97 Å². The summed E-state index contributed by atoms with van der Waals surface area (Å²) in [6, 6.07) is 19.1. The highest BCUT2D eigenvalue weighted by Crippen LogP contribution is 2.45. The lowest BCUT2D eigenvalue weighted by atomic mass is 9.79. The van der Waals surface area contributed by atoms with Crippen LogP contribution in [0.15, 0.2) is 93.9 Å². The number of aliphatic imine (C=N–C) groups is 2. The Morgan fingerprint density at radius 2 is 1.36 bits per heavy atom. The van der Waals surface area contributed by atoms with Gasteiger partial charge >= 0.3 is 11.9 Å². The number of aromatic nitrogens is 4.